The zero-order valence-corrected chi connectivity index (χ0v) is 19.5. The molecule has 1 aromatic heterocycles. The highest BCUT2D eigenvalue weighted by molar-refractivity contribution is 6.21. The second-order valence-corrected chi connectivity index (χ2v) is 8.16. The molecule has 2 heterocycles. The number of carbonyl (C=O) groups is 3. The number of carbonyl (C=O) groups excluding carboxylic acids is 3. The van der Waals surface area contributed by atoms with Crippen molar-refractivity contribution in [1.29, 1.82) is 0 Å². The first kappa shape index (κ1) is 23.0. The Balaban J connectivity index is 1.26. The van der Waals surface area contributed by atoms with Gasteiger partial charge in [0.25, 0.3) is 17.7 Å². The van der Waals surface area contributed by atoms with E-state index in [1.54, 1.807) is 86.8 Å². The molecule has 0 spiro atoms. The van der Waals surface area contributed by atoms with E-state index in [9.17, 15) is 14.4 Å². The molecule has 1 aliphatic heterocycles. The van der Waals surface area contributed by atoms with E-state index in [4.69, 9.17) is 13.9 Å². The lowest BCUT2D eigenvalue weighted by molar-refractivity contribution is 0.0279. The quantitative estimate of drug-likeness (QED) is 0.280. The first-order valence-electron chi connectivity index (χ1n) is 11.2. The number of benzene rings is 3. The zero-order valence-electron chi connectivity index (χ0n) is 19.5. The van der Waals surface area contributed by atoms with Gasteiger partial charge < -0.3 is 13.9 Å². The molecule has 4 aromatic rings. The monoisotopic (exact) mass is 483 g/mol. The number of aromatic nitrogens is 2. The standard InChI is InChI=1S/C27H21N3O6/c1-16(23-28-29-24(36-23)18-10-12-20(34-2)13-11-18)35-27(33)19-7-5-6-17(14-19)15-30-25(31)21-8-3-4-9-22(21)26(30)32/h3-14,16H,15H2,1-2H3/t16-/m1/s1. The smallest absolute Gasteiger partial charge is 0.338 e. The van der Waals surface area contributed by atoms with E-state index < -0.39 is 12.1 Å². The Labute approximate surface area is 206 Å². The van der Waals surface area contributed by atoms with Crippen LogP contribution in [0.15, 0.2) is 77.2 Å². The van der Waals surface area contributed by atoms with Crippen LogP contribution in [0.4, 0.5) is 0 Å². The molecule has 36 heavy (non-hydrogen) atoms. The van der Waals surface area contributed by atoms with Crippen molar-refractivity contribution in [2.24, 2.45) is 0 Å². The van der Waals surface area contributed by atoms with E-state index in [-0.39, 0.29) is 29.8 Å². The van der Waals surface area contributed by atoms with Crippen molar-refractivity contribution < 1.29 is 28.3 Å². The predicted octanol–water partition coefficient (Wildman–Crippen LogP) is 4.46. The number of nitrogens with zero attached hydrogens (tertiary/aromatic N) is 3. The number of fused-ring (bicyclic) bond motifs is 1. The molecule has 0 N–H and O–H groups in total. The Morgan fingerprint density at radius 3 is 2.31 bits per heavy atom. The lowest BCUT2D eigenvalue weighted by Crippen LogP contribution is -2.29. The van der Waals surface area contributed by atoms with Gasteiger partial charge in [-0.3, -0.25) is 14.5 Å². The molecular weight excluding hydrogens is 462 g/mol. The summed E-state index contributed by atoms with van der Waals surface area (Å²) in [5, 5.41) is 8.03. The zero-order chi connectivity index (χ0) is 25.2. The number of imide groups is 1. The third-order valence-corrected chi connectivity index (χ3v) is 5.79. The lowest BCUT2D eigenvalue weighted by atomic mass is 10.1. The maximum Gasteiger partial charge on any atom is 0.338 e. The number of amides is 2. The summed E-state index contributed by atoms with van der Waals surface area (Å²) in [6.45, 7) is 1.67. The summed E-state index contributed by atoms with van der Waals surface area (Å²) in [6.07, 6.45) is -0.795. The van der Waals surface area contributed by atoms with E-state index in [0.717, 1.165) is 4.90 Å². The SMILES string of the molecule is COc1ccc(-c2nnc([C@@H](C)OC(=O)c3cccc(CN4C(=O)c5ccccc5C4=O)c3)o2)cc1. The van der Waals surface area contributed by atoms with Gasteiger partial charge in [0.2, 0.25) is 5.89 Å². The highest BCUT2D eigenvalue weighted by atomic mass is 16.6. The largest absolute Gasteiger partial charge is 0.497 e. The molecule has 0 saturated carbocycles. The van der Waals surface area contributed by atoms with Gasteiger partial charge in [-0.15, -0.1) is 10.2 Å². The van der Waals surface area contributed by atoms with Crippen LogP contribution < -0.4 is 4.74 Å². The summed E-state index contributed by atoms with van der Waals surface area (Å²) < 4.78 is 16.4. The van der Waals surface area contributed by atoms with Crippen molar-refractivity contribution in [3.63, 3.8) is 0 Å². The van der Waals surface area contributed by atoms with Gasteiger partial charge in [-0.05, 0) is 61.0 Å². The third kappa shape index (κ3) is 4.34. The molecule has 0 fully saturated rings. The van der Waals surface area contributed by atoms with Gasteiger partial charge in [0, 0.05) is 5.56 Å². The number of hydrogen-bond donors (Lipinski definition) is 0. The number of methoxy groups -OCH3 is 1. The average molecular weight is 483 g/mol. The maximum atomic E-state index is 12.8. The van der Waals surface area contributed by atoms with Gasteiger partial charge in [-0.1, -0.05) is 24.3 Å². The summed E-state index contributed by atoms with van der Waals surface area (Å²) in [5.74, 6) is -0.181. The number of hydrogen-bond acceptors (Lipinski definition) is 8. The number of rotatable bonds is 7. The predicted molar refractivity (Wildman–Crippen MR) is 127 cm³/mol. The van der Waals surface area contributed by atoms with Crippen molar-refractivity contribution in [2.75, 3.05) is 7.11 Å². The summed E-state index contributed by atoms with van der Waals surface area (Å²) >= 11 is 0. The van der Waals surface area contributed by atoms with Crippen LogP contribution in [0.1, 0.15) is 55.6 Å². The molecule has 0 aliphatic carbocycles. The van der Waals surface area contributed by atoms with Gasteiger partial charge >= 0.3 is 5.97 Å². The first-order valence-corrected chi connectivity index (χ1v) is 11.2. The van der Waals surface area contributed by atoms with Crippen LogP contribution in [0.5, 0.6) is 5.75 Å². The number of ether oxygens (including phenoxy) is 2. The normalized spacial score (nSPS) is 13.4. The van der Waals surface area contributed by atoms with Crippen LogP contribution in [-0.2, 0) is 11.3 Å². The topological polar surface area (TPSA) is 112 Å². The van der Waals surface area contributed by atoms with Gasteiger partial charge in [0.05, 0.1) is 30.3 Å². The lowest BCUT2D eigenvalue weighted by Gasteiger charge is -2.15. The Kier molecular flexibility index (Phi) is 6.03. The van der Waals surface area contributed by atoms with Crippen molar-refractivity contribution in [2.45, 2.75) is 19.6 Å². The van der Waals surface area contributed by atoms with Crippen molar-refractivity contribution in [3.05, 3.63) is 101 Å². The van der Waals surface area contributed by atoms with Crippen LogP contribution in [0, 0.1) is 0 Å². The van der Waals surface area contributed by atoms with Crippen molar-refractivity contribution in [3.8, 4) is 17.2 Å². The summed E-state index contributed by atoms with van der Waals surface area (Å²) in [6, 6.07) is 20.4. The first-order chi connectivity index (χ1) is 17.4. The minimum absolute atomic E-state index is 0.0396. The van der Waals surface area contributed by atoms with Crippen LogP contribution in [0.2, 0.25) is 0 Å². The van der Waals surface area contributed by atoms with Crippen LogP contribution in [0.25, 0.3) is 11.5 Å². The molecule has 0 saturated heterocycles. The third-order valence-electron chi connectivity index (χ3n) is 5.79. The summed E-state index contributed by atoms with van der Waals surface area (Å²) in [5.41, 5.74) is 2.34. The van der Waals surface area contributed by atoms with Crippen molar-refractivity contribution in [1.82, 2.24) is 15.1 Å². The molecule has 0 radical (unpaired) electrons. The number of esters is 1. The molecule has 2 amide bonds. The van der Waals surface area contributed by atoms with Gasteiger partial charge in [-0.2, -0.15) is 0 Å². The summed E-state index contributed by atoms with van der Waals surface area (Å²) in [4.78, 5) is 39.3. The fourth-order valence-electron chi connectivity index (χ4n) is 3.89. The van der Waals surface area contributed by atoms with E-state index in [0.29, 0.717) is 33.9 Å². The minimum atomic E-state index is -0.795. The van der Waals surface area contributed by atoms with Gasteiger partial charge in [-0.25, -0.2) is 4.79 Å². The average Bonchev–Trinajstić information content (AvgIpc) is 3.49. The van der Waals surface area contributed by atoms with E-state index in [1.807, 2.05) is 0 Å². The Hall–Kier alpha value is -4.79. The van der Waals surface area contributed by atoms with E-state index in [2.05, 4.69) is 10.2 Å². The highest BCUT2D eigenvalue weighted by Gasteiger charge is 2.35. The molecule has 180 valence electrons. The van der Waals surface area contributed by atoms with Crippen LogP contribution >= 0.6 is 0 Å². The second-order valence-electron chi connectivity index (χ2n) is 8.16. The van der Waals surface area contributed by atoms with E-state index >= 15 is 0 Å². The molecule has 1 aliphatic rings. The van der Waals surface area contributed by atoms with Crippen LogP contribution in [-0.4, -0.2) is 40.0 Å². The fourth-order valence-corrected chi connectivity index (χ4v) is 3.89. The maximum absolute atomic E-state index is 12.8. The molecule has 1 atom stereocenters. The summed E-state index contributed by atoms with van der Waals surface area (Å²) in [7, 11) is 1.58. The molecule has 5 rings (SSSR count). The van der Waals surface area contributed by atoms with Gasteiger partial charge in [0.1, 0.15) is 5.75 Å². The molecule has 9 heteroatoms. The molecule has 3 aromatic carbocycles. The Morgan fingerprint density at radius 2 is 1.64 bits per heavy atom. The molecule has 9 nitrogen and oxygen atoms in total. The molecular formula is C27H21N3O6. The van der Waals surface area contributed by atoms with Crippen molar-refractivity contribution >= 4 is 17.8 Å². The molecule has 0 bridgehead atoms. The van der Waals surface area contributed by atoms with Crippen LogP contribution in [0.3, 0.4) is 0 Å². The second kappa shape index (κ2) is 9.46. The molecule has 0 unspecified atom stereocenters. The highest BCUT2D eigenvalue weighted by Crippen LogP contribution is 2.26. The Morgan fingerprint density at radius 1 is 0.944 bits per heavy atom. The Bertz CT molecular complexity index is 1430. The minimum Gasteiger partial charge on any atom is -0.497 e. The fraction of sp³-hybridized carbons (Fsp3) is 0.148. The van der Waals surface area contributed by atoms with E-state index in [1.165, 1.54) is 0 Å². The van der Waals surface area contributed by atoms with Gasteiger partial charge in [0.15, 0.2) is 6.10 Å².